The first-order valence-electron chi connectivity index (χ1n) is 9.66. The Labute approximate surface area is 174 Å². The largest absolute Gasteiger partial charge is 0.493 e. The number of hydrogen-bond donors (Lipinski definition) is 0. The molecule has 0 saturated carbocycles. The van der Waals surface area contributed by atoms with E-state index in [0.29, 0.717) is 48.2 Å². The van der Waals surface area contributed by atoms with Crippen molar-refractivity contribution in [2.24, 2.45) is 0 Å². The smallest absolute Gasteiger partial charge is 0.339 e. The zero-order valence-electron chi connectivity index (χ0n) is 17.8. The molecule has 3 aromatic rings. The maximum absolute atomic E-state index is 12.3. The van der Waals surface area contributed by atoms with Crippen molar-refractivity contribution in [3.05, 3.63) is 56.9 Å². The van der Waals surface area contributed by atoms with E-state index in [2.05, 4.69) is 4.90 Å². The third-order valence-corrected chi connectivity index (χ3v) is 5.60. The molecule has 0 spiro atoms. The Bertz CT molecular complexity index is 1140. The van der Waals surface area contributed by atoms with Gasteiger partial charge < -0.3 is 23.4 Å². The van der Waals surface area contributed by atoms with Gasteiger partial charge in [-0.3, -0.25) is 4.90 Å². The molecule has 1 aliphatic heterocycles. The molecular formula is C23H25NO6. The molecule has 0 saturated heterocycles. The van der Waals surface area contributed by atoms with E-state index in [1.54, 1.807) is 28.3 Å². The molecule has 2 aromatic carbocycles. The van der Waals surface area contributed by atoms with E-state index in [1.165, 1.54) is 0 Å². The summed E-state index contributed by atoms with van der Waals surface area (Å²) in [5.41, 5.74) is 3.72. The summed E-state index contributed by atoms with van der Waals surface area (Å²) in [6.45, 7) is 5.34. The van der Waals surface area contributed by atoms with Crippen molar-refractivity contribution in [3.63, 3.8) is 0 Å². The summed E-state index contributed by atoms with van der Waals surface area (Å²) >= 11 is 0. The van der Waals surface area contributed by atoms with Crippen LogP contribution >= 0.6 is 0 Å². The van der Waals surface area contributed by atoms with Gasteiger partial charge in [0.15, 0.2) is 11.5 Å². The van der Waals surface area contributed by atoms with Crippen LogP contribution in [0.1, 0.15) is 22.3 Å². The van der Waals surface area contributed by atoms with Gasteiger partial charge in [0.25, 0.3) is 0 Å². The Kier molecular flexibility index (Phi) is 5.30. The van der Waals surface area contributed by atoms with Gasteiger partial charge in [-0.25, -0.2) is 4.79 Å². The fraction of sp³-hybridized carbons (Fsp3) is 0.348. The second kappa shape index (κ2) is 7.91. The molecule has 158 valence electrons. The molecule has 7 nitrogen and oxygen atoms in total. The molecule has 2 heterocycles. The maximum atomic E-state index is 12.3. The van der Waals surface area contributed by atoms with Crippen molar-refractivity contribution in [1.82, 2.24) is 4.90 Å². The van der Waals surface area contributed by atoms with E-state index in [9.17, 15) is 4.79 Å². The van der Waals surface area contributed by atoms with Gasteiger partial charge in [-0.05, 0) is 49.2 Å². The summed E-state index contributed by atoms with van der Waals surface area (Å²) in [6, 6.07) is 7.75. The Morgan fingerprint density at radius 2 is 1.70 bits per heavy atom. The number of rotatable bonds is 5. The minimum absolute atomic E-state index is 0.310. The lowest BCUT2D eigenvalue weighted by atomic mass is 10.0. The van der Waals surface area contributed by atoms with Gasteiger partial charge in [0.05, 0.1) is 26.9 Å². The van der Waals surface area contributed by atoms with E-state index < -0.39 is 0 Å². The number of fused-ring (bicyclic) bond motifs is 3. The van der Waals surface area contributed by atoms with Gasteiger partial charge in [0.2, 0.25) is 5.75 Å². The van der Waals surface area contributed by atoms with E-state index in [4.69, 9.17) is 23.4 Å². The monoisotopic (exact) mass is 411 g/mol. The Morgan fingerprint density at radius 3 is 2.33 bits per heavy atom. The van der Waals surface area contributed by atoms with Crippen molar-refractivity contribution in [3.8, 4) is 23.0 Å². The molecule has 1 aromatic heterocycles. The number of methoxy groups -OCH3 is 3. The number of hydrogen-bond acceptors (Lipinski definition) is 7. The fourth-order valence-corrected chi connectivity index (χ4v) is 3.85. The third-order valence-electron chi connectivity index (χ3n) is 5.60. The van der Waals surface area contributed by atoms with Gasteiger partial charge in [0.1, 0.15) is 18.1 Å². The average molecular weight is 411 g/mol. The predicted molar refractivity (Wildman–Crippen MR) is 113 cm³/mol. The van der Waals surface area contributed by atoms with Crippen LogP contribution in [0, 0.1) is 13.8 Å². The molecule has 0 radical (unpaired) electrons. The van der Waals surface area contributed by atoms with Crippen LogP contribution in [0.4, 0.5) is 0 Å². The lowest BCUT2D eigenvalue weighted by Crippen LogP contribution is -2.31. The van der Waals surface area contributed by atoms with E-state index >= 15 is 0 Å². The number of nitrogens with zero attached hydrogens (tertiary/aromatic N) is 1. The minimum atomic E-state index is -0.310. The van der Waals surface area contributed by atoms with Gasteiger partial charge in [-0.2, -0.15) is 0 Å². The molecule has 1 aliphatic rings. The number of aryl methyl sites for hydroxylation is 1. The highest BCUT2D eigenvalue weighted by Crippen LogP contribution is 2.39. The molecule has 0 aliphatic carbocycles. The third kappa shape index (κ3) is 3.35. The Balaban J connectivity index is 1.69. The van der Waals surface area contributed by atoms with Crippen LogP contribution in [-0.2, 0) is 13.1 Å². The fourth-order valence-electron chi connectivity index (χ4n) is 3.85. The molecule has 0 bridgehead atoms. The first-order chi connectivity index (χ1) is 14.5. The summed E-state index contributed by atoms with van der Waals surface area (Å²) in [6.07, 6.45) is 0. The van der Waals surface area contributed by atoms with Crippen molar-refractivity contribution in [2.75, 3.05) is 28.1 Å². The van der Waals surface area contributed by atoms with E-state index in [1.807, 2.05) is 31.2 Å². The van der Waals surface area contributed by atoms with Gasteiger partial charge in [-0.1, -0.05) is 0 Å². The van der Waals surface area contributed by atoms with Crippen molar-refractivity contribution in [2.45, 2.75) is 26.9 Å². The van der Waals surface area contributed by atoms with Gasteiger partial charge >= 0.3 is 5.63 Å². The van der Waals surface area contributed by atoms with E-state index in [0.717, 1.165) is 27.8 Å². The van der Waals surface area contributed by atoms with Crippen LogP contribution in [0.3, 0.4) is 0 Å². The molecule has 4 rings (SSSR count). The zero-order valence-corrected chi connectivity index (χ0v) is 17.8. The molecule has 0 amide bonds. The highest BCUT2D eigenvalue weighted by atomic mass is 16.5. The normalized spacial score (nSPS) is 13.6. The summed E-state index contributed by atoms with van der Waals surface area (Å²) in [4.78, 5) is 14.4. The Hall–Kier alpha value is -3.19. The topological polar surface area (TPSA) is 70.4 Å². The summed E-state index contributed by atoms with van der Waals surface area (Å²) in [7, 11) is 4.78. The number of ether oxygens (including phenoxy) is 4. The second-order valence-corrected chi connectivity index (χ2v) is 7.35. The van der Waals surface area contributed by atoms with Crippen LogP contribution in [0.25, 0.3) is 11.0 Å². The summed E-state index contributed by atoms with van der Waals surface area (Å²) in [5.74, 6) is 2.51. The van der Waals surface area contributed by atoms with Crippen LogP contribution < -0.4 is 24.6 Å². The molecule has 0 unspecified atom stereocenters. The lowest BCUT2D eigenvalue weighted by Gasteiger charge is -2.29. The average Bonchev–Trinajstić information content (AvgIpc) is 2.76. The highest BCUT2D eigenvalue weighted by molar-refractivity contribution is 5.85. The van der Waals surface area contributed by atoms with Gasteiger partial charge in [-0.15, -0.1) is 0 Å². The van der Waals surface area contributed by atoms with Crippen molar-refractivity contribution in [1.29, 1.82) is 0 Å². The predicted octanol–water partition coefficient (Wildman–Crippen LogP) is 3.79. The lowest BCUT2D eigenvalue weighted by molar-refractivity contribution is 0.0888. The molecule has 0 atom stereocenters. The zero-order chi connectivity index (χ0) is 21.4. The Morgan fingerprint density at radius 1 is 1.00 bits per heavy atom. The van der Waals surface area contributed by atoms with Crippen LogP contribution in [-0.4, -0.2) is 33.0 Å². The molecule has 30 heavy (non-hydrogen) atoms. The first-order valence-corrected chi connectivity index (χ1v) is 9.66. The van der Waals surface area contributed by atoms with Crippen molar-refractivity contribution >= 4 is 11.0 Å². The van der Waals surface area contributed by atoms with Gasteiger partial charge in [0, 0.05) is 24.0 Å². The summed E-state index contributed by atoms with van der Waals surface area (Å²) in [5, 5.41) is 0.934. The number of benzene rings is 2. The quantitative estimate of drug-likeness (QED) is 0.592. The first kappa shape index (κ1) is 20.1. The molecular weight excluding hydrogens is 386 g/mol. The molecule has 0 N–H and O–H groups in total. The minimum Gasteiger partial charge on any atom is -0.493 e. The molecule has 7 heteroatoms. The van der Waals surface area contributed by atoms with Crippen LogP contribution in [0.2, 0.25) is 0 Å². The van der Waals surface area contributed by atoms with E-state index in [-0.39, 0.29) is 5.63 Å². The van der Waals surface area contributed by atoms with Crippen LogP contribution in [0.5, 0.6) is 23.0 Å². The maximum Gasteiger partial charge on any atom is 0.339 e. The molecule has 0 fully saturated rings. The standard InChI is InChI=1S/C23H25NO6/c1-13-14(2)23(25)30-21-16(13)6-7-18-17(21)11-24(12-29-18)10-15-8-19(26-3)22(28-5)20(9-15)27-4/h6-9H,10-12H2,1-5H3. The second-order valence-electron chi connectivity index (χ2n) is 7.35. The SMILES string of the molecule is COc1cc(CN2COc3ccc4c(C)c(C)c(=O)oc4c3C2)cc(OC)c1OC. The van der Waals surface area contributed by atoms with Crippen LogP contribution in [0.15, 0.2) is 33.5 Å². The van der Waals surface area contributed by atoms with Crippen molar-refractivity contribution < 1.29 is 23.4 Å². The highest BCUT2D eigenvalue weighted by Gasteiger charge is 2.24. The summed E-state index contributed by atoms with van der Waals surface area (Å²) < 4.78 is 27.9.